The third-order valence-corrected chi connectivity index (χ3v) is 3.34. The van der Waals surface area contributed by atoms with Crippen molar-refractivity contribution in [2.45, 2.75) is 6.92 Å². The lowest BCUT2D eigenvalue weighted by atomic mass is 10.3. The molecule has 0 aliphatic carbocycles. The predicted molar refractivity (Wildman–Crippen MR) is 76.1 cm³/mol. The molecule has 2 aromatic rings. The number of carbonyl (C=O) groups is 1. The average molecular weight is 304 g/mol. The van der Waals surface area contributed by atoms with Crippen LogP contribution in [0.15, 0.2) is 23.3 Å². The first-order chi connectivity index (χ1) is 10.8. The molecule has 0 N–H and O–H groups in total. The van der Waals surface area contributed by atoms with Gasteiger partial charge < -0.3 is 19.1 Å². The number of hydrogen-bond donors (Lipinski definition) is 0. The fraction of sp³-hybridized carbons (Fsp3) is 0.462. The van der Waals surface area contributed by atoms with Crippen LogP contribution in [0.25, 0.3) is 11.5 Å². The SMILES string of the molecule is CCOC(=O)N1CCN(c2cncc(-c3ncon3)n2)CC1. The van der Waals surface area contributed by atoms with E-state index in [0.29, 0.717) is 44.3 Å². The molecule has 2 aromatic heterocycles. The fourth-order valence-electron chi connectivity index (χ4n) is 2.23. The number of hydrogen-bond acceptors (Lipinski definition) is 8. The van der Waals surface area contributed by atoms with E-state index >= 15 is 0 Å². The largest absolute Gasteiger partial charge is 0.450 e. The molecule has 0 radical (unpaired) electrons. The maximum absolute atomic E-state index is 11.7. The summed E-state index contributed by atoms with van der Waals surface area (Å²) in [4.78, 5) is 28.1. The third-order valence-electron chi connectivity index (χ3n) is 3.34. The minimum absolute atomic E-state index is 0.270. The van der Waals surface area contributed by atoms with Crippen LogP contribution in [0.2, 0.25) is 0 Å². The molecule has 0 bridgehead atoms. The first-order valence-corrected chi connectivity index (χ1v) is 7.03. The van der Waals surface area contributed by atoms with Crippen LogP contribution in [0.3, 0.4) is 0 Å². The van der Waals surface area contributed by atoms with Crippen molar-refractivity contribution in [1.29, 1.82) is 0 Å². The van der Waals surface area contributed by atoms with E-state index in [2.05, 4.69) is 25.0 Å². The molecule has 0 saturated carbocycles. The molecule has 0 atom stereocenters. The van der Waals surface area contributed by atoms with Crippen molar-refractivity contribution in [3.8, 4) is 11.5 Å². The van der Waals surface area contributed by atoms with Gasteiger partial charge in [0.2, 0.25) is 12.2 Å². The number of anilines is 1. The van der Waals surface area contributed by atoms with Crippen LogP contribution < -0.4 is 4.90 Å². The average Bonchev–Trinajstić information content (AvgIpc) is 3.10. The van der Waals surface area contributed by atoms with Gasteiger partial charge in [0.05, 0.1) is 19.0 Å². The van der Waals surface area contributed by atoms with Gasteiger partial charge in [0.25, 0.3) is 0 Å². The van der Waals surface area contributed by atoms with Crippen LogP contribution >= 0.6 is 0 Å². The molecule has 0 unspecified atom stereocenters. The fourth-order valence-corrected chi connectivity index (χ4v) is 2.23. The lowest BCUT2D eigenvalue weighted by Gasteiger charge is -2.34. The van der Waals surface area contributed by atoms with E-state index in [1.54, 1.807) is 24.2 Å². The molecule has 1 saturated heterocycles. The Morgan fingerprint density at radius 1 is 1.32 bits per heavy atom. The molecule has 1 aliphatic heterocycles. The Balaban J connectivity index is 1.66. The second-order valence-corrected chi connectivity index (χ2v) is 4.69. The van der Waals surface area contributed by atoms with Crippen molar-refractivity contribution < 1.29 is 14.1 Å². The molecule has 3 rings (SSSR count). The van der Waals surface area contributed by atoms with E-state index in [9.17, 15) is 4.79 Å². The first-order valence-electron chi connectivity index (χ1n) is 7.03. The van der Waals surface area contributed by atoms with Gasteiger partial charge in [-0.15, -0.1) is 0 Å². The van der Waals surface area contributed by atoms with Crippen molar-refractivity contribution in [2.75, 3.05) is 37.7 Å². The Kier molecular flexibility index (Phi) is 4.12. The topological polar surface area (TPSA) is 97.5 Å². The summed E-state index contributed by atoms with van der Waals surface area (Å²) < 4.78 is 9.72. The molecule has 9 heteroatoms. The lowest BCUT2D eigenvalue weighted by molar-refractivity contribution is 0.105. The first kappa shape index (κ1) is 14.2. The molecule has 1 aliphatic rings. The molecular weight excluding hydrogens is 288 g/mol. The number of nitrogens with zero attached hydrogens (tertiary/aromatic N) is 6. The van der Waals surface area contributed by atoms with Gasteiger partial charge >= 0.3 is 6.09 Å². The van der Waals surface area contributed by atoms with Gasteiger partial charge in [-0.3, -0.25) is 4.98 Å². The number of rotatable bonds is 3. The smallest absolute Gasteiger partial charge is 0.409 e. The molecule has 0 spiro atoms. The highest BCUT2D eigenvalue weighted by Gasteiger charge is 2.23. The van der Waals surface area contributed by atoms with E-state index in [1.807, 2.05) is 0 Å². The molecule has 1 fully saturated rings. The van der Waals surface area contributed by atoms with Gasteiger partial charge in [-0.2, -0.15) is 4.98 Å². The monoisotopic (exact) mass is 304 g/mol. The standard InChI is InChI=1S/C13H16N6O3/c1-2-21-13(20)19-5-3-18(4-6-19)11-8-14-7-10(16-11)12-15-9-22-17-12/h7-9H,2-6H2,1H3. The number of ether oxygens (including phenoxy) is 1. The van der Waals surface area contributed by atoms with Crippen molar-refractivity contribution >= 4 is 11.9 Å². The summed E-state index contributed by atoms with van der Waals surface area (Å²) >= 11 is 0. The second-order valence-electron chi connectivity index (χ2n) is 4.69. The normalized spacial score (nSPS) is 15.0. The van der Waals surface area contributed by atoms with Gasteiger partial charge in [0.15, 0.2) is 0 Å². The summed E-state index contributed by atoms with van der Waals surface area (Å²) in [5.74, 6) is 1.13. The van der Waals surface area contributed by atoms with E-state index in [-0.39, 0.29) is 6.09 Å². The van der Waals surface area contributed by atoms with Gasteiger partial charge in [-0.05, 0) is 6.92 Å². The summed E-state index contributed by atoms with van der Waals surface area (Å²) in [5, 5.41) is 3.75. The minimum Gasteiger partial charge on any atom is -0.450 e. The zero-order valence-corrected chi connectivity index (χ0v) is 12.2. The summed E-state index contributed by atoms with van der Waals surface area (Å²) in [6, 6.07) is 0. The lowest BCUT2D eigenvalue weighted by Crippen LogP contribution is -2.49. The second kappa shape index (κ2) is 6.37. The quantitative estimate of drug-likeness (QED) is 0.821. The highest BCUT2D eigenvalue weighted by atomic mass is 16.6. The summed E-state index contributed by atoms with van der Waals surface area (Å²) in [6.07, 6.45) is 4.25. The Labute approximate surface area is 126 Å². The highest BCUT2D eigenvalue weighted by Crippen LogP contribution is 2.17. The summed E-state index contributed by atoms with van der Waals surface area (Å²) in [5.41, 5.74) is 0.555. The van der Waals surface area contributed by atoms with Crippen molar-refractivity contribution in [3.63, 3.8) is 0 Å². The third kappa shape index (κ3) is 2.97. The van der Waals surface area contributed by atoms with E-state index in [1.165, 1.54) is 6.39 Å². The molecule has 0 aromatic carbocycles. The van der Waals surface area contributed by atoms with Gasteiger partial charge in [-0.1, -0.05) is 5.16 Å². The maximum Gasteiger partial charge on any atom is 0.409 e. The highest BCUT2D eigenvalue weighted by molar-refractivity contribution is 5.68. The number of piperazine rings is 1. The number of carbonyl (C=O) groups excluding carboxylic acids is 1. The molecule has 22 heavy (non-hydrogen) atoms. The molecule has 9 nitrogen and oxygen atoms in total. The Morgan fingerprint density at radius 3 is 2.82 bits per heavy atom. The van der Waals surface area contributed by atoms with Gasteiger partial charge in [0.1, 0.15) is 11.5 Å². The Bertz CT molecular complexity index is 624. The minimum atomic E-state index is -0.270. The summed E-state index contributed by atoms with van der Waals surface area (Å²) in [6.45, 7) is 4.71. The van der Waals surface area contributed by atoms with Crippen LogP contribution in [0, 0.1) is 0 Å². The summed E-state index contributed by atoms with van der Waals surface area (Å²) in [7, 11) is 0. The number of amides is 1. The van der Waals surface area contributed by atoms with Crippen LogP contribution in [0.5, 0.6) is 0 Å². The van der Waals surface area contributed by atoms with Crippen LogP contribution in [0.1, 0.15) is 6.92 Å². The molecule has 3 heterocycles. The zero-order chi connectivity index (χ0) is 15.4. The molecule has 1 amide bonds. The van der Waals surface area contributed by atoms with E-state index in [0.717, 1.165) is 5.82 Å². The number of aromatic nitrogens is 4. The zero-order valence-electron chi connectivity index (χ0n) is 12.2. The van der Waals surface area contributed by atoms with Crippen molar-refractivity contribution in [3.05, 3.63) is 18.8 Å². The molecular formula is C13H16N6O3. The van der Waals surface area contributed by atoms with E-state index < -0.39 is 0 Å². The van der Waals surface area contributed by atoms with Gasteiger partial charge in [-0.25, -0.2) is 9.78 Å². The van der Waals surface area contributed by atoms with Crippen molar-refractivity contribution in [1.82, 2.24) is 25.0 Å². The van der Waals surface area contributed by atoms with Crippen LogP contribution in [0.4, 0.5) is 10.6 Å². The van der Waals surface area contributed by atoms with Crippen LogP contribution in [-0.2, 0) is 4.74 Å². The van der Waals surface area contributed by atoms with E-state index in [4.69, 9.17) is 9.26 Å². The van der Waals surface area contributed by atoms with Crippen molar-refractivity contribution in [2.24, 2.45) is 0 Å². The predicted octanol–water partition coefficient (Wildman–Crippen LogP) is 0.805. The maximum atomic E-state index is 11.7. The van der Waals surface area contributed by atoms with Gasteiger partial charge in [0, 0.05) is 26.2 Å². The van der Waals surface area contributed by atoms with Crippen LogP contribution in [-0.4, -0.2) is 63.9 Å². The molecule has 116 valence electrons. The Hall–Kier alpha value is -2.71. The Morgan fingerprint density at radius 2 is 2.14 bits per heavy atom.